The van der Waals surface area contributed by atoms with Crippen LogP contribution in [0.3, 0.4) is 0 Å². The van der Waals surface area contributed by atoms with E-state index in [9.17, 15) is 0 Å². The van der Waals surface area contributed by atoms with E-state index in [1.165, 1.54) is 24.8 Å². The summed E-state index contributed by atoms with van der Waals surface area (Å²) < 4.78 is 11.0. The van der Waals surface area contributed by atoms with E-state index in [1.807, 2.05) is 6.07 Å². The number of fused-ring (bicyclic) bond motifs is 3. The van der Waals surface area contributed by atoms with Gasteiger partial charge in [-0.1, -0.05) is 12.8 Å². The molecule has 0 unspecified atom stereocenters. The topological polar surface area (TPSA) is 56.6 Å². The second kappa shape index (κ2) is 6.23. The van der Waals surface area contributed by atoms with Crippen LogP contribution in [0, 0.1) is 0 Å². The molecule has 2 heterocycles. The average Bonchev–Trinajstić information content (AvgIpc) is 2.66. The maximum atomic E-state index is 5.53. The lowest BCUT2D eigenvalue weighted by Crippen LogP contribution is -2.30. The van der Waals surface area contributed by atoms with Crippen LogP contribution in [0.2, 0.25) is 0 Å². The third kappa shape index (κ3) is 2.44. The predicted molar refractivity (Wildman–Crippen MR) is 92.2 cm³/mol. The zero-order valence-electron chi connectivity index (χ0n) is 14.0. The van der Waals surface area contributed by atoms with Crippen LogP contribution in [0.15, 0.2) is 35.7 Å². The summed E-state index contributed by atoms with van der Waals surface area (Å²) in [5.41, 5.74) is 4.13. The summed E-state index contributed by atoms with van der Waals surface area (Å²) in [7, 11) is 3.35. The van der Waals surface area contributed by atoms with Gasteiger partial charge in [0.05, 0.1) is 32.2 Å². The summed E-state index contributed by atoms with van der Waals surface area (Å²) in [6, 6.07) is 4.48. The fourth-order valence-electron chi connectivity index (χ4n) is 3.90. The van der Waals surface area contributed by atoms with Gasteiger partial charge in [0.15, 0.2) is 11.5 Å². The molecule has 4 rings (SSSR count). The fraction of sp³-hybridized carbons (Fsp3) is 0.421. The van der Waals surface area contributed by atoms with Crippen LogP contribution in [0.1, 0.15) is 48.4 Å². The number of hydrogen-bond donors (Lipinski definition) is 0. The van der Waals surface area contributed by atoms with E-state index < -0.39 is 0 Å². The molecule has 2 atom stereocenters. The van der Waals surface area contributed by atoms with Crippen LogP contribution in [0.5, 0.6) is 11.5 Å². The Balaban J connectivity index is 1.91. The van der Waals surface area contributed by atoms with E-state index in [1.54, 1.807) is 32.8 Å². The first-order valence-corrected chi connectivity index (χ1v) is 8.42. The summed E-state index contributed by atoms with van der Waals surface area (Å²) >= 11 is 0. The first-order valence-electron chi connectivity index (χ1n) is 8.42. The van der Waals surface area contributed by atoms with E-state index in [2.05, 4.69) is 16.0 Å². The third-order valence-corrected chi connectivity index (χ3v) is 5.04. The Hall–Kier alpha value is -2.43. The number of methoxy groups -OCH3 is 2. The zero-order valence-corrected chi connectivity index (χ0v) is 14.0. The molecule has 0 saturated heterocycles. The Morgan fingerprint density at radius 2 is 1.79 bits per heavy atom. The van der Waals surface area contributed by atoms with Crippen LogP contribution >= 0.6 is 0 Å². The van der Waals surface area contributed by atoms with Crippen molar-refractivity contribution in [1.29, 1.82) is 0 Å². The molecule has 5 nitrogen and oxygen atoms in total. The van der Waals surface area contributed by atoms with Crippen LogP contribution < -0.4 is 9.47 Å². The zero-order chi connectivity index (χ0) is 16.5. The van der Waals surface area contributed by atoms with Gasteiger partial charge in [-0.2, -0.15) is 0 Å². The highest BCUT2D eigenvalue weighted by atomic mass is 16.5. The quantitative estimate of drug-likeness (QED) is 0.869. The van der Waals surface area contributed by atoms with Crippen molar-refractivity contribution in [3.05, 3.63) is 47.5 Å². The van der Waals surface area contributed by atoms with Crippen molar-refractivity contribution in [2.75, 3.05) is 14.2 Å². The van der Waals surface area contributed by atoms with Crippen LogP contribution in [0.25, 0.3) is 0 Å². The molecule has 124 valence electrons. The smallest absolute Gasteiger partial charge is 0.161 e. The normalized spacial score (nSPS) is 22.2. The minimum atomic E-state index is 0.321. The van der Waals surface area contributed by atoms with Gasteiger partial charge < -0.3 is 9.47 Å². The molecule has 1 aliphatic carbocycles. The van der Waals surface area contributed by atoms with Crippen LogP contribution in [-0.2, 0) is 0 Å². The SMILES string of the molecule is COc1cc2c(cc1OC)[C@@H]1CCCC[C@@H]1N=C2c1cnccn1. The lowest BCUT2D eigenvalue weighted by Gasteiger charge is -2.35. The van der Waals surface area contributed by atoms with Crippen molar-refractivity contribution in [1.82, 2.24) is 9.97 Å². The molecule has 0 radical (unpaired) electrons. The molecule has 0 N–H and O–H groups in total. The molecule has 1 aromatic heterocycles. The molecule has 2 aliphatic rings. The lowest BCUT2D eigenvalue weighted by molar-refractivity contribution is 0.349. The number of aliphatic imine (C=N–C) groups is 1. The Kier molecular flexibility index (Phi) is 3.92. The summed E-state index contributed by atoms with van der Waals surface area (Å²) in [5.74, 6) is 1.96. The fourth-order valence-corrected chi connectivity index (χ4v) is 3.90. The lowest BCUT2D eigenvalue weighted by atomic mass is 9.75. The molecule has 1 saturated carbocycles. The van der Waals surface area contributed by atoms with Crippen molar-refractivity contribution in [3.8, 4) is 11.5 Å². The largest absolute Gasteiger partial charge is 0.493 e. The Morgan fingerprint density at radius 3 is 2.54 bits per heavy atom. The van der Waals surface area contributed by atoms with E-state index >= 15 is 0 Å². The molecular weight excluding hydrogens is 302 g/mol. The number of hydrogen-bond acceptors (Lipinski definition) is 5. The minimum absolute atomic E-state index is 0.321. The van der Waals surface area contributed by atoms with Crippen LogP contribution in [-0.4, -0.2) is 35.9 Å². The minimum Gasteiger partial charge on any atom is -0.493 e. The Morgan fingerprint density at radius 1 is 1.00 bits per heavy atom. The Labute approximate surface area is 141 Å². The molecule has 2 aromatic rings. The maximum absolute atomic E-state index is 5.53. The summed E-state index contributed by atoms with van der Waals surface area (Å²) in [5, 5.41) is 0. The van der Waals surface area contributed by atoms with E-state index in [4.69, 9.17) is 14.5 Å². The highest BCUT2D eigenvalue weighted by molar-refractivity contribution is 6.13. The van der Waals surface area contributed by atoms with E-state index in [-0.39, 0.29) is 0 Å². The molecular formula is C19H21N3O2. The second-order valence-corrected chi connectivity index (χ2v) is 6.32. The van der Waals surface area contributed by atoms with Gasteiger partial charge in [0.1, 0.15) is 5.69 Å². The Bertz CT molecular complexity index is 774. The molecule has 0 bridgehead atoms. The van der Waals surface area contributed by atoms with Gasteiger partial charge in [-0.15, -0.1) is 0 Å². The van der Waals surface area contributed by atoms with Gasteiger partial charge in [0, 0.05) is 23.9 Å². The number of ether oxygens (including phenoxy) is 2. The van der Waals surface area contributed by atoms with E-state index in [0.29, 0.717) is 12.0 Å². The van der Waals surface area contributed by atoms with Crippen molar-refractivity contribution >= 4 is 5.71 Å². The number of aromatic nitrogens is 2. The van der Waals surface area contributed by atoms with Crippen LogP contribution in [0.4, 0.5) is 0 Å². The molecule has 24 heavy (non-hydrogen) atoms. The highest BCUT2D eigenvalue weighted by Gasteiger charge is 2.34. The molecule has 0 amide bonds. The second-order valence-electron chi connectivity index (χ2n) is 6.32. The molecule has 1 aliphatic heterocycles. The average molecular weight is 323 g/mol. The van der Waals surface area contributed by atoms with Crippen molar-refractivity contribution in [2.45, 2.75) is 37.6 Å². The molecule has 1 fully saturated rings. The first-order chi connectivity index (χ1) is 11.8. The van der Waals surface area contributed by atoms with Gasteiger partial charge in [-0.25, -0.2) is 0 Å². The molecule has 1 aromatic carbocycles. The van der Waals surface area contributed by atoms with Gasteiger partial charge in [-0.05, 0) is 30.5 Å². The van der Waals surface area contributed by atoms with Gasteiger partial charge in [-0.3, -0.25) is 15.0 Å². The number of benzene rings is 1. The van der Waals surface area contributed by atoms with Gasteiger partial charge in [0.25, 0.3) is 0 Å². The summed E-state index contributed by atoms with van der Waals surface area (Å²) in [4.78, 5) is 13.7. The summed E-state index contributed by atoms with van der Waals surface area (Å²) in [6.07, 6.45) is 9.97. The monoisotopic (exact) mass is 323 g/mol. The van der Waals surface area contributed by atoms with Gasteiger partial charge >= 0.3 is 0 Å². The van der Waals surface area contributed by atoms with E-state index in [0.717, 1.165) is 34.9 Å². The highest BCUT2D eigenvalue weighted by Crippen LogP contribution is 2.44. The first kappa shape index (κ1) is 15.1. The molecule has 0 spiro atoms. The maximum Gasteiger partial charge on any atom is 0.161 e. The van der Waals surface area contributed by atoms with Crippen molar-refractivity contribution in [2.24, 2.45) is 4.99 Å². The third-order valence-electron chi connectivity index (χ3n) is 5.04. The standard InChI is InChI=1S/C19H21N3O2/c1-23-17-9-13-12-5-3-4-6-15(12)22-19(14(13)10-18(17)24-2)16-11-20-7-8-21-16/h7-12,15H,3-6H2,1-2H3/t12-,15-/m0/s1. The van der Waals surface area contributed by atoms with Crippen molar-refractivity contribution < 1.29 is 9.47 Å². The number of rotatable bonds is 3. The predicted octanol–water partition coefficient (Wildman–Crippen LogP) is 3.37. The van der Waals surface area contributed by atoms with Gasteiger partial charge in [0.2, 0.25) is 0 Å². The molecule has 5 heteroatoms. The number of nitrogens with zero attached hydrogens (tertiary/aromatic N) is 3. The van der Waals surface area contributed by atoms with Crippen molar-refractivity contribution in [3.63, 3.8) is 0 Å². The summed E-state index contributed by atoms with van der Waals surface area (Å²) in [6.45, 7) is 0.